The lowest BCUT2D eigenvalue weighted by molar-refractivity contribution is -0.149. The van der Waals surface area contributed by atoms with Gasteiger partial charge in [-0.3, -0.25) is 19.8 Å². The normalized spacial score (nSPS) is 12.4. The molecule has 0 radical (unpaired) electrons. The molecule has 16 nitrogen and oxygen atoms in total. The Labute approximate surface area is 429 Å². The smallest absolute Gasteiger partial charge is 0.407 e. The molecule has 5 aromatic carbocycles. The highest BCUT2D eigenvalue weighted by atomic mass is 16.6. The predicted molar refractivity (Wildman–Crippen MR) is 286 cm³/mol. The van der Waals surface area contributed by atoms with Crippen LogP contribution in [0.2, 0.25) is 0 Å². The fourth-order valence-corrected chi connectivity index (χ4v) is 7.92. The van der Waals surface area contributed by atoms with Crippen LogP contribution < -0.4 is 41.4 Å². The number of amides is 4. The molecule has 0 aliphatic heterocycles. The molecule has 5 rings (SSSR count). The van der Waals surface area contributed by atoms with Gasteiger partial charge >= 0.3 is 12.1 Å². The fourth-order valence-electron chi connectivity index (χ4n) is 7.92. The van der Waals surface area contributed by atoms with E-state index in [1.54, 1.807) is 27.8 Å². The zero-order valence-electron chi connectivity index (χ0n) is 43.1. The lowest BCUT2D eigenvalue weighted by atomic mass is 9.92. The summed E-state index contributed by atoms with van der Waals surface area (Å²) in [4.78, 5) is 68.4. The number of rotatable bonds is 27. The minimum absolute atomic E-state index is 0.00986. The van der Waals surface area contributed by atoms with Gasteiger partial charge in [-0.2, -0.15) is 0 Å². The minimum Gasteiger partial charge on any atom is -0.493 e. The summed E-state index contributed by atoms with van der Waals surface area (Å²) in [5, 5.41) is 28.5. The first-order valence-electron chi connectivity index (χ1n) is 25.0. The molecule has 0 saturated heterocycles. The maximum absolute atomic E-state index is 14.4. The first-order valence-corrected chi connectivity index (χ1v) is 25.0. The van der Waals surface area contributed by atoms with Crippen LogP contribution in [-0.2, 0) is 35.3 Å². The maximum atomic E-state index is 14.4. The fraction of sp³-hybridized carbons (Fsp3) is 0.404. The van der Waals surface area contributed by atoms with E-state index < -0.39 is 60.1 Å². The number of esters is 1. The highest BCUT2D eigenvalue weighted by Gasteiger charge is 2.30. The molecule has 0 aromatic heterocycles. The predicted octanol–water partition coefficient (Wildman–Crippen LogP) is 8.46. The quantitative estimate of drug-likeness (QED) is 0.00870. The van der Waals surface area contributed by atoms with Crippen LogP contribution in [0.15, 0.2) is 116 Å². The average Bonchev–Trinajstić information content (AvgIpc) is 3.36. The molecule has 0 bridgehead atoms. The van der Waals surface area contributed by atoms with Crippen LogP contribution in [0.4, 0.5) is 4.79 Å². The molecule has 4 amide bonds. The topological polar surface area (TPSA) is 218 Å². The Balaban J connectivity index is 1.40. The first kappa shape index (κ1) is 56.3. The number of guanidine groups is 1. The summed E-state index contributed by atoms with van der Waals surface area (Å²) >= 11 is 0. The minimum atomic E-state index is -1.17. The molecule has 7 N–H and O–H groups in total. The molecule has 5 aromatic rings. The number of unbranched alkanes of at least 4 members (excludes halogenated alkanes) is 1. The van der Waals surface area contributed by atoms with Gasteiger partial charge in [0.1, 0.15) is 41.8 Å². The van der Waals surface area contributed by atoms with E-state index in [9.17, 15) is 24.0 Å². The summed E-state index contributed by atoms with van der Waals surface area (Å²) < 4.78 is 23.9. The van der Waals surface area contributed by atoms with E-state index >= 15 is 0 Å². The van der Waals surface area contributed by atoms with Crippen LogP contribution >= 0.6 is 0 Å². The number of carbonyl (C=O) groups is 5. The number of alkyl carbamates (subject to hydrolysis) is 1. The van der Waals surface area contributed by atoms with Gasteiger partial charge in [0, 0.05) is 31.3 Å². The Morgan fingerprint density at radius 2 is 1.22 bits per heavy atom. The van der Waals surface area contributed by atoms with E-state index in [1.165, 1.54) is 6.08 Å². The third-order valence-electron chi connectivity index (χ3n) is 11.7. The van der Waals surface area contributed by atoms with E-state index in [2.05, 4.69) is 52.3 Å². The van der Waals surface area contributed by atoms with Crippen molar-refractivity contribution in [2.45, 2.75) is 110 Å². The molecule has 0 saturated carbocycles. The zero-order valence-corrected chi connectivity index (χ0v) is 43.1. The molecule has 0 spiro atoms. The Morgan fingerprint density at radius 3 is 1.82 bits per heavy atom. The Kier molecular flexibility index (Phi) is 21.9. The van der Waals surface area contributed by atoms with Crippen molar-refractivity contribution in [2.75, 3.05) is 33.4 Å². The molecule has 0 heterocycles. The Hall–Kier alpha value is -7.62. The SMILES string of the molecule is C=CC[C@H](NC(=O)[C@@H](CCCNC(=N)NC)NC(=O)[C@@H](CCCCNC(=O)OC(C)(C)C)NC(=O)COc1ccc2ccccc2c1-c1c(OCCC(C)C)ccc2ccccc12)C(=O)OCc1ccccc1. The van der Waals surface area contributed by atoms with E-state index in [-0.39, 0.29) is 44.9 Å². The van der Waals surface area contributed by atoms with Gasteiger partial charge in [-0.15, -0.1) is 6.58 Å². The lowest BCUT2D eigenvalue weighted by Crippen LogP contribution is -2.56. The van der Waals surface area contributed by atoms with Crippen LogP contribution in [0, 0.1) is 11.3 Å². The number of ether oxygens (including phenoxy) is 4. The van der Waals surface area contributed by atoms with Crippen LogP contribution in [0.5, 0.6) is 11.5 Å². The number of benzene rings is 5. The van der Waals surface area contributed by atoms with Gasteiger partial charge < -0.3 is 50.8 Å². The van der Waals surface area contributed by atoms with Gasteiger partial charge in [-0.25, -0.2) is 9.59 Å². The highest BCUT2D eigenvalue weighted by Crippen LogP contribution is 2.45. The monoisotopic (exact) mass is 1000 g/mol. The van der Waals surface area contributed by atoms with Crippen LogP contribution in [-0.4, -0.2) is 92.8 Å². The van der Waals surface area contributed by atoms with Gasteiger partial charge in [-0.05, 0) is 111 Å². The maximum Gasteiger partial charge on any atom is 0.407 e. The van der Waals surface area contributed by atoms with Gasteiger partial charge in [0.15, 0.2) is 12.6 Å². The van der Waals surface area contributed by atoms with Crippen molar-refractivity contribution in [1.29, 1.82) is 5.41 Å². The summed E-state index contributed by atoms with van der Waals surface area (Å²) in [6.07, 6.45) is 3.21. The van der Waals surface area contributed by atoms with Crippen molar-refractivity contribution in [3.8, 4) is 22.6 Å². The second-order valence-electron chi connectivity index (χ2n) is 19.1. The summed E-state index contributed by atoms with van der Waals surface area (Å²) in [6, 6.07) is 29.4. The van der Waals surface area contributed by atoms with E-state index in [1.807, 2.05) is 103 Å². The third-order valence-corrected chi connectivity index (χ3v) is 11.7. The van der Waals surface area contributed by atoms with Crippen LogP contribution in [0.3, 0.4) is 0 Å². The lowest BCUT2D eigenvalue weighted by Gasteiger charge is -2.25. The number of fused-ring (bicyclic) bond motifs is 2. The standard InChI is InChI=1S/C57H73N7O9/c1-8-19-46(54(68)72-36-39-20-10-9-11-21-39)64-53(67)45(27-18-34-60-55(58)59-7)63-52(66)44(26-16-17-33-61-56(69)73-57(4,5)6)62-49(65)37-71-48-31-29-41-23-13-15-25-43(41)51(48)50-42-24-14-12-22-40(42)28-30-47(50)70-35-32-38(2)3/h8-15,20-25,28-31,38,44-46H,1,16-19,26-27,32-37H2,2-7H3,(H,61,69)(H,62,65)(H,63,66)(H,64,67)(H3,58,59,60)/t44-,45-,46+/m1/s1. The molecule has 0 aliphatic carbocycles. The second kappa shape index (κ2) is 28.4. The Bertz CT molecular complexity index is 2650. The van der Waals surface area contributed by atoms with Gasteiger partial charge in [0.05, 0.1) is 6.61 Å². The molecule has 390 valence electrons. The molecule has 0 unspecified atom stereocenters. The summed E-state index contributed by atoms with van der Waals surface area (Å²) in [5.74, 6) is -0.964. The van der Waals surface area contributed by atoms with E-state index in [4.69, 9.17) is 24.4 Å². The Morgan fingerprint density at radius 1 is 0.658 bits per heavy atom. The van der Waals surface area contributed by atoms with E-state index in [0.29, 0.717) is 43.3 Å². The molecular formula is C57H73N7O9. The summed E-state index contributed by atoms with van der Waals surface area (Å²) in [5.41, 5.74) is 1.66. The number of carbonyl (C=O) groups excluding carboxylic acids is 5. The van der Waals surface area contributed by atoms with Crippen molar-refractivity contribution in [3.05, 3.63) is 121 Å². The zero-order chi connectivity index (χ0) is 52.8. The highest BCUT2D eigenvalue weighted by molar-refractivity contribution is 6.10. The van der Waals surface area contributed by atoms with Crippen molar-refractivity contribution in [1.82, 2.24) is 31.9 Å². The van der Waals surface area contributed by atoms with Gasteiger partial charge in [0.2, 0.25) is 11.8 Å². The number of nitrogens with one attached hydrogen (secondary N) is 7. The van der Waals surface area contributed by atoms with Crippen molar-refractivity contribution >= 4 is 57.3 Å². The molecular weight excluding hydrogens is 927 g/mol. The second-order valence-corrected chi connectivity index (χ2v) is 19.1. The molecule has 0 aliphatic rings. The molecule has 73 heavy (non-hydrogen) atoms. The molecule has 3 atom stereocenters. The average molecular weight is 1000 g/mol. The van der Waals surface area contributed by atoms with Crippen LogP contribution in [0.25, 0.3) is 32.7 Å². The summed E-state index contributed by atoms with van der Waals surface area (Å²) in [6.45, 7) is 13.9. The van der Waals surface area contributed by atoms with Crippen LogP contribution in [0.1, 0.15) is 85.1 Å². The third kappa shape index (κ3) is 18.2. The van der Waals surface area contributed by atoms with E-state index in [0.717, 1.165) is 44.7 Å². The molecule has 16 heteroatoms. The van der Waals surface area contributed by atoms with Gasteiger partial charge in [-0.1, -0.05) is 111 Å². The number of hydrogen-bond donors (Lipinski definition) is 7. The largest absolute Gasteiger partial charge is 0.493 e. The van der Waals surface area contributed by atoms with Crippen molar-refractivity contribution < 1.29 is 42.9 Å². The summed E-state index contributed by atoms with van der Waals surface area (Å²) in [7, 11) is 1.60. The number of hydrogen-bond acceptors (Lipinski definition) is 10. The van der Waals surface area contributed by atoms with Gasteiger partial charge in [0.25, 0.3) is 5.91 Å². The van der Waals surface area contributed by atoms with Crippen molar-refractivity contribution in [2.24, 2.45) is 5.92 Å². The van der Waals surface area contributed by atoms with Crippen molar-refractivity contribution in [3.63, 3.8) is 0 Å². The first-order chi connectivity index (χ1) is 35.1. The molecule has 0 fully saturated rings.